The van der Waals surface area contributed by atoms with Gasteiger partial charge in [0.15, 0.2) is 0 Å². The Labute approximate surface area is 185 Å². The molecule has 0 saturated heterocycles. The fourth-order valence-electron chi connectivity index (χ4n) is 6.12. The zero-order valence-electron chi connectivity index (χ0n) is 19.2. The van der Waals surface area contributed by atoms with E-state index in [2.05, 4.69) is 57.0 Å². The van der Waals surface area contributed by atoms with Crippen LogP contribution in [0.3, 0.4) is 0 Å². The lowest BCUT2D eigenvalue weighted by Gasteiger charge is -2.42. The Kier molecular flexibility index (Phi) is 4.48. The molecule has 1 N–H and O–H groups in total. The first-order valence-electron chi connectivity index (χ1n) is 11.7. The summed E-state index contributed by atoms with van der Waals surface area (Å²) < 4.78 is 0. The monoisotopic (exact) mass is 415 g/mol. The van der Waals surface area contributed by atoms with E-state index in [1.807, 2.05) is 6.07 Å². The van der Waals surface area contributed by atoms with Crippen molar-refractivity contribution in [2.75, 3.05) is 0 Å². The second kappa shape index (κ2) is 6.79. The van der Waals surface area contributed by atoms with Gasteiger partial charge in [-0.3, -0.25) is 4.98 Å². The van der Waals surface area contributed by atoms with Crippen molar-refractivity contribution in [3.63, 3.8) is 0 Å². The van der Waals surface area contributed by atoms with E-state index in [0.29, 0.717) is 11.3 Å². The average molecular weight is 416 g/mol. The Hall–Kier alpha value is -2.42. The third-order valence-electron chi connectivity index (χ3n) is 8.46. The van der Waals surface area contributed by atoms with Crippen LogP contribution in [-0.4, -0.2) is 16.1 Å². The van der Waals surface area contributed by atoms with Crippen molar-refractivity contribution in [2.24, 2.45) is 5.92 Å². The summed E-state index contributed by atoms with van der Waals surface area (Å²) in [5.74, 6) is -0.254. The number of aromatic nitrogens is 1. The van der Waals surface area contributed by atoms with Crippen molar-refractivity contribution in [3.8, 4) is 0 Å². The molecule has 3 heteroatoms. The lowest BCUT2D eigenvalue weighted by molar-refractivity contribution is 0.0696. The van der Waals surface area contributed by atoms with Crippen molar-refractivity contribution in [1.82, 2.24) is 4.98 Å². The number of fused-ring (bicyclic) bond motifs is 2. The lowest BCUT2D eigenvalue weighted by Crippen LogP contribution is -2.34. The number of rotatable bonds is 4. The summed E-state index contributed by atoms with van der Waals surface area (Å²) in [4.78, 5) is 15.3. The molecule has 2 saturated carbocycles. The largest absolute Gasteiger partial charge is 0.478 e. The molecule has 3 nitrogen and oxygen atoms in total. The Bertz CT molecular complexity index is 1080. The number of hydrogen-bond acceptors (Lipinski definition) is 2. The molecular formula is C28H33NO2. The van der Waals surface area contributed by atoms with Crippen LogP contribution in [0, 0.1) is 5.92 Å². The Balaban J connectivity index is 1.37. The molecule has 0 bridgehead atoms. The number of aromatic carboxylic acids is 1. The highest BCUT2D eigenvalue weighted by Gasteiger charge is 2.60. The summed E-state index contributed by atoms with van der Waals surface area (Å²) in [7, 11) is 0. The van der Waals surface area contributed by atoms with E-state index in [-0.39, 0.29) is 16.4 Å². The van der Waals surface area contributed by atoms with E-state index in [1.54, 1.807) is 28.3 Å². The van der Waals surface area contributed by atoms with Gasteiger partial charge in [0.2, 0.25) is 0 Å². The molecule has 1 heterocycles. The van der Waals surface area contributed by atoms with Gasteiger partial charge in [0.25, 0.3) is 0 Å². The van der Waals surface area contributed by atoms with Crippen molar-refractivity contribution >= 4 is 5.97 Å². The van der Waals surface area contributed by atoms with Crippen molar-refractivity contribution in [3.05, 3.63) is 76.1 Å². The number of carboxylic acids is 1. The number of benzene rings is 1. The fraction of sp³-hybridized carbons (Fsp3) is 0.500. The van der Waals surface area contributed by atoms with Gasteiger partial charge < -0.3 is 5.11 Å². The average Bonchev–Trinajstić information content (AvgIpc) is 3.37. The fourth-order valence-corrected chi connectivity index (χ4v) is 6.12. The molecule has 2 aromatic rings. The van der Waals surface area contributed by atoms with E-state index in [4.69, 9.17) is 5.11 Å². The Morgan fingerprint density at radius 3 is 2.45 bits per heavy atom. The molecule has 0 radical (unpaired) electrons. The van der Waals surface area contributed by atoms with Crippen molar-refractivity contribution in [2.45, 2.75) is 82.5 Å². The number of hydrogen-bond donors (Lipinski definition) is 1. The van der Waals surface area contributed by atoms with Crippen LogP contribution < -0.4 is 0 Å². The van der Waals surface area contributed by atoms with Gasteiger partial charge >= 0.3 is 5.97 Å². The van der Waals surface area contributed by atoms with Gasteiger partial charge in [-0.1, -0.05) is 57.5 Å². The number of allylic oxidation sites excluding steroid dienone is 2. The summed E-state index contributed by atoms with van der Waals surface area (Å²) in [6.07, 6.45) is 10.8. The van der Waals surface area contributed by atoms with Crippen LogP contribution in [0.5, 0.6) is 0 Å². The molecule has 1 aromatic carbocycles. The van der Waals surface area contributed by atoms with Crippen LogP contribution in [0.4, 0.5) is 0 Å². The van der Waals surface area contributed by atoms with E-state index < -0.39 is 5.97 Å². The first kappa shape index (κ1) is 20.5. The molecule has 5 rings (SSSR count). The van der Waals surface area contributed by atoms with E-state index >= 15 is 0 Å². The Morgan fingerprint density at radius 1 is 1.06 bits per heavy atom. The topological polar surface area (TPSA) is 50.2 Å². The van der Waals surface area contributed by atoms with Crippen molar-refractivity contribution in [1.29, 1.82) is 0 Å². The minimum Gasteiger partial charge on any atom is -0.478 e. The zero-order valence-corrected chi connectivity index (χ0v) is 19.2. The minimum absolute atomic E-state index is 0.247. The predicted molar refractivity (Wildman–Crippen MR) is 124 cm³/mol. The predicted octanol–water partition coefficient (Wildman–Crippen LogP) is 6.35. The van der Waals surface area contributed by atoms with Crippen LogP contribution in [-0.2, 0) is 22.7 Å². The molecule has 1 aromatic heterocycles. The maximum Gasteiger partial charge on any atom is 0.337 e. The normalized spacial score (nSPS) is 28.8. The number of nitrogens with zero attached hydrogens (tertiary/aromatic N) is 1. The van der Waals surface area contributed by atoms with Crippen LogP contribution in [0.25, 0.3) is 0 Å². The second-order valence-electron chi connectivity index (χ2n) is 11.3. The summed E-state index contributed by atoms with van der Waals surface area (Å²) in [6, 6.07) is 10.9. The lowest BCUT2D eigenvalue weighted by atomic mass is 9.62. The first-order chi connectivity index (χ1) is 14.6. The zero-order chi connectivity index (χ0) is 22.0. The van der Waals surface area contributed by atoms with Gasteiger partial charge in [0.1, 0.15) is 0 Å². The van der Waals surface area contributed by atoms with Gasteiger partial charge in [-0.2, -0.15) is 0 Å². The molecule has 31 heavy (non-hydrogen) atoms. The van der Waals surface area contributed by atoms with Gasteiger partial charge in [0, 0.05) is 23.7 Å². The molecule has 2 fully saturated rings. The standard InChI is InChI=1S/C28H33NO2/c1-26(2)13-14-27(3,4)23-15-20(7-10-22(23)26)28-12-11-18(24(28)16-28)5-8-21-9-6-19(17-29-21)25(30)31/h5-7,9-10,15,17,24H,8,11-14,16H2,1-4H3,(H,30,31)/b18-5+. The molecule has 2 unspecified atom stereocenters. The first-order valence-corrected chi connectivity index (χ1v) is 11.7. The molecule has 2 atom stereocenters. The SMILES string of the molecule is CC1(C)CCC(C)(C)c2cc(C34CC/C(=C\Cc5ccc(C(=O)O)cn5)C3C4)ccc21. The van der Waals surface area contributed by atoms with Gasteiger partial charge in [-0.25, -0.2) is 4.79 Å². The molecule has 0 aliphatic heterocycles. The third kappa shape index (κ3) is 3.33. The van der Waals surface area contributed by atoms with Crippen LogP contribution >= 0.6 is 0 Å². The van der Waals surface area contributed by atoms with Crippen LogP contribution in [0.15, 0.2) is 48.2 Å². The van der Waals surface area contributed by atoms with Gasteiger partial charge in [-0.05, 0) is 77.7 Å². The number of carbonyl (C=O) groups is 1. The highest BCUT2D eigenvalue weighted by Crippen LogP contribution is 2.67. The van der Waals surface area contributed by atoms with E-state index in [0.717, 1.165) is 12.1 Å². The van der Waals surface area contributed by atoms with Crippen molar-refractivity contribution < 1.29 is 9.90 Å². The van der Waals surface area contributed by atoms with Gasteiger partial charge in [0.05, 0.1) is 5.56 Å². The summed E-state index contributed by atoms with van der Waals surface area (Å²) >= 11 is 0. The minimum atomic E-state index is -0.924. The number of carboxylic acid groups (broad SMARTS) is 1. The molecule has 3 aliphatic rings. The number of pyridine rings is 1. The second-order valence-corrected chi connectivity index (χ2v) is 11.3. The van der Waals surface area contributed by atoms with E-state index in [9.17, 15) is 4.79 Å². The molecule has 162 valence electrons. The van der Waals surface area contributed by atoms with Crippen LogP contribution in [0.2, 0.25) is 0 Å². The summed E-state index contributed by atoms with van der Waals surface area (Å²) in [5.41, 5.74) is 8.30. The smallest absolute Gasteiger partial charge is 0.337 e. The maximum absolute atomic E-state index is 11.0. The molecule has 0 spiro atoms. The van der Waals surface area contributed by atoms with Gasteiger partial charge in [-0.15, -0.1) is 0 Å². The highest BCUT2D eigenvalue weighted by molar-refractivity contribution is 5.87. The van der Waals surface area contributed by atoms with Crippen LogP contribution in [0.1, 0.15) is 92.5 Å². The maximum atomic E-state index is 11.0. The molecule has 0 amide bonds. The molecular weight excluding hydrogens is 382 g/mol. The molecule has 3 aliphatic carbocycles. The summed E-state index contributed by atoms with van der Waals surface area (Å²) in [5, 5.41) is 9.04. The quantitative estimate of drug-likeness (QED) is 0.592. The van der Waals surface area contributed by atoms with E-state index in [1.165, 1.54) is 38.3 Å². The summed E-state index contributed by atoms with van der Waals surface area (Å²) in [6.45, 7) is 9.61. The Morgan fingerprint density at radius 2 is 1.81 bits per heavy atom. The third-order valence-corrected chi connectivity index (χ3v) is 8.46. The highest BCUT2D eigenvalue weighted by atomic mass is 16.4.